The summed E-state index contributed by atoms with van der Waals surface area (Å²) in [6.07, 6.45) is 0. The first-order valence-corrected chi connectivity index (χ1v) is 10.1. The van der Waals surface area contributed by atoms with E-state index in [-0.39, 0.29) is 11.2 Å². The first-order valence-electron chi connectivity index (χ1n) is 9.01. The molecule has 0 bridgehead atoms. The minimum atomic E-state index is -0.0204. The summed E-state index contributed by atoms with van der Waals surface area (Å²) in [5, 5.41) is -0.0204. The summed E-state index contributed by atoms with van der Waals surface area (Å²) in [6, 6.07) is 18.4. The summed E-state index contributed by atoms with van der Waals surface area (Å²) in [7, 11) is 1.70. The van der Waals surface area contributed by atoms with E-state index in [4.69, 9.17) is 4.74 Å². The maximum absolute atomic E-state index is 12.7. The van der Waals surface area contributed by atoms with Crippen LogP contribution in [0.4, 0.5) is 5.69 Å². The molecule has 1 amide bonds. The number of thioether (sulfide) groups is 1. The minimum absolute atomic E-state index is 0.0204. The molecular weight excluding hydrogens is 344 g/mol. The van der Waals surface area contributed by atoms with E-state index >= 15 is 0 Å². The van der Waals surface area contributed by atoms with Crippen molar-refractivity contribution in [3.8, 4) is 5.75 Å². The van der Waals surface area contributed by atoms with Crippen molar-refractivity contribution in [1.82, 2.24) is 4.90 Å². The Hall–Kier alpha value is -2.14. The average Bonchev–Trinajstić information content (AvgIpc) is 2.72. The molecule has 4 nitrogen and oxygen atoms in total. The van der Waals surface area contributed by atoms with E-state index in [1.165, 1.54) is 5.56 Å². The Balaban J connectivity index is 1.51. The lowest BCUT2D eigenvalue weighted by atomic mass is 10.2. The second-order valence-corrected chi connectivity index (χ2v) is 7.75. The fraction of sp³-hybridized carbons (Fsp3) is 0.381. The SMILES string of the molecule is COc1ccccc1N1CCN(C(=O)[C@H](C)SCc2ccccc2)CC1. The van der Waals surface area contributed by atoms with Gasteiger partial charge in [-0.05, 0) is 24.6 Å². The van der Waals surface area contributed by atoms with E-state index in [1.54, 1.807) is 18.9 Å². The molecule has 0 unspecified atom stereocenters. The van der Waals surface area contributed by atoms with Crippen LogP contribution in [0.15, 0.2) is 54.6 Å². The molecule has 1 heterocycles. The van der Waals surface area contributed by atoms with Gasteiger partial charge >= 0.3 is 0 Å². The number of hydrogen-bond acceptors (Lipinski definition) is 4. The van der Waals surface area contributed by atoms with E-state index in [0.717, 1.165) is 43.4 Å². The summed E-state index contributed by atoms with van der Waals surface area (Å²) in [6.45, 7) is 5.20. The van der Waals surface area contributed by atoms with Gasteiger partial charge in [-0.25, -0.2) is 0 Å². The Kier molecular flexibility index (Phi) is 6.45. The summed E-state index contributed by atoms with van der Waals surface area (Å²) in [5.74, 6) is 2.00. The van der Waals surface area contributed by atoms with Gasteiger partial charge in [-0.1, -0.05) is 42.5 Å². The zero-order chi connectivity index (χ0) is 18.4. The molecule has 1 saturated heterocycles. The highest BCUT2D eigenvalue weighted by Crippen LogP contribution is 2.28. The number of carbonyl (C=O) groups is 1. The second kappa shape index (κ2) is 8.99. The molecule has 0 saturated carbocycles. The second-order valence-electron chi connectivity index (χ2n) is 6.42. The van der Waals surface area contributed by atoms with Gasteiger partial charge in [0, 0.05) is 31.9 Å². The molecule has 0 aliphatic carbocycles. The molecule has 26 heavy (non-hydrogen) atoms. The fourth-order valence-corrected chi connectivity index (χ4v) is 4.11. The van der Waals surface area contributed by atoms with Gasteiger partial charge in [-0.15, -0.1) is 11.8 Å². The van der Waals surface area contributed by atoms with Gasteiger partial charge in [0.25, 0.3) is 0 Å². The molecule has 0 radical (unpaired) electrons. The number of rotatable bonds is 6. The minimum Gasteiger partial charge on any atom is -0.495 e. The van der Waals surface area contributed by atoms with Crippen LogP contribution in [0, 0.1) is 0 Å². The van der Waals surface area contributed by atoms with Crippen molar-refractivity contribution in [2.75, 3.05) is 38.2 Å². The van der Waals surface area contributed by atoms with Crippen LogP contribution >= 0.6 is 11.8 Å². The molecule has 3 rings (SSSR count). The third-order valence-corrected chi connectivity index (χ3v) is 5.91. The molecule has 1 aliphatic rings. The predicted octanol–water partition coefficient (Wildman–Crippen LogP) is 3.67. The van der Waals surface area contributed by atoms with E-state index in [2.05, 4.69) is 23.1 Å². The Labute approximate surface area is 160 Å². The zero-order valence-corrected chi connectivity index (χ0v) is 16.2. The molecular formula is C21H26N2O2S. The summed E-state index contributed by atoms with van der Waals surface area (Å²) in [4.78, 5) is 17.0. The van der Waals surface area contributed by atoms with Gasteiger partial charge in [0.15, 0.2) is 0 Å². The van der Waals surface area contributed by atoms with Crippen molar-refractivity contribution in [2.45, 2.75) is 17.9 Å². The number of methoxy groups -OCH3 is 1. The molecule has 2 aromatic carbocycles. The van der Waals surface area contributed by atoms with Crippen LogP contribution in [0.3, 0.4) is 0 Å². The maximum atomic E-state index is 12.7. The quantitative estimate of drug-likeness (QED) is 0.777. The van der Waals surface area contributed by atoms with E-state index < -0.39 is 0 Å². The van der Waals surface area contributed by atoms with Crippen molar-refractivity contribution in [3.63, 3.8) is 0 Å². The third-order valence-electron chi connectivity index (χ3n) is 4.71. The molecule has 138 valence electrons. The third kappa shape index (κ3) is 4.52. The number of hydrogen-bond donors (Lipinski definition) is 0. The molecule has 1 aliphatic heterocycles. The van der Waals surface area contributed by atoms with Crippen LogP contribution in [-0.4, -0.2) is 49.3 Å². The Morgan fingerprint density at radius 1 is 1.04 bits per heavy atom. The molecule has 0 N–H and O–H groups in total. The van der Waals surface area contributed by atoms with Crippen LogP contribution in [-0.2, 0) is 10.5 Å². The van der Waals surface area contributed by atoms with Crippen LogP contribution in [0.1, 0.15) is 12.5 Å². The Morgan fingerprint density at radius 3 is 2.38 bits per heavy atom. The lowest BCUT2D eigenvalue weighted by Crippen LogP contribution is -2.50. The highest BCUT2D eigenvalue weighted by atomic mass is 32.2. The smallest absolute Gasteiger partial charge is 0.235 e. The molecule has 1 atom stereocenters. The number of piperazine rings is 1. The Morgan fingerprint density at radius 2 is 1.69 bits per heavy atom. The molecule has 0 aromatic heterocycles. The first-order chi connectivity index (χ1) is 12.7. The van der Waals surface area contributed by atoms with Gasteiger partial charge in [-0.3, -0.25) is 4.79 Å². The largest absolute Gasteiger partial charge is 0.495 e. The lowest BCUT2D eigenvalue weighted by molar-refractivity contribution is -0.130. The summed E-state index contributed by atoms with van der Waals surface area (Å²) in [5.41, 5.74) is 2.37. The lowest BCUT2D eigenvalue weighted by Gasteiger charge is -2.37. The van der Waals surface area contributed by atoms with Gasteiger partial charge in [-0.2, -0.15) is 0 Å². The fourth-order valence-electron chi connectivity index (χ4n) is 3.18. The van der Waals surface area contributed by atoms with E-state index in [0.29, 0.717) is 0 Å². The van der Waals surface area contributed by atoms with E-state index in [1.807, 2.05) is 48.2 Å². The molecule has 1 fully saturated rings. The zero-order valence-electron chi connectivity index (χ0n) is 15.4. The number of carbonyl (C=O) groups excluding carboxylic acids is 1. The van der Waals surface area contributed by atoms with Crippen LogP contribution in [0.2, 0.25) is 0 Å². The number of nitrogens with zero attached hydrogens (tertiary/aromatic N) is 2. The van der Waals surface area contributed by atoms with Gasteiger partial charge in [0.1, 0.15) is 5.75 Å². The monoisotopic (exact) mass is 370 g/mol. The molecule has 2 aromatic rings. The number of anilines is 1. The van der Waals surface area contributed by atoms with E-state index in [9.17, 15) is 4.79 Å². The van der Waals surface area contributed by atoms with Gasteiger partial charge < -0.3 is 14.5 Å². The number of para-hydroxylation sites is 2. The highest BCUT2D eigenvalue weighted by Gasteiger charge is 2.26. The normalized spacial score (nSPS) is 15.6. The first kappa shape index (κ1) is 18.6. The van der Waals surface area contributed by atoms with Crippen molar-refractivity contribution in [1.29, 1.82) is 0 Å². The Bertz CT molecular complexity index is 715. The topological polar surface area (TPSA) is 32.8 Å². The summed E-state index contributed by atoms with van der Waals surface area (Å²) < 4.78 is 5.46. The number of amides is 1. The van der Waals surface area contributed by atoms with Crippen molar-refractivity contribution in [2.24, 2.45) is 0 Å². The van der Waals surface area contributed by atoms with Crippen LogP contribution in [0.5, 0.6) is 5.75 Å². The average molecular weight is 371 g/mol. The van der Waals surface area contributed by atoms with Crippen LogP contribution < -0.4 is 9.64 Å². The van der Waals surface area contributed by atoms with Gasteiger partial charge in [0.2, 0.25) is 5.91 Å². The van der Waals surface area contributed by atoms with Crippen molar-refractivity contribution >= 4 is 23.4 Å². The number of ether oxygens (including phenoxy) is 1. The predicted molar refractivity (Wildman–Crippen MR) is 109 cm³/mol. The van der Waals surface area contributed by atoms with Crippen LogP contribution in [0.25, 0.3) is 0 Å². The highest BCUT2D eigenvalue weighted by molar-refractivity contribution is 7.99. The summed E-state index contributed by atoms with van der Waals surface area (Å²) >= 11 is 1.71. The van der Waals surface area contributed by atoms with Gasteiger partial charge in [0.05, 0.1) is 18.0 Å². The number of benzene rings is 2. The van der Waals surface area contributed by atoms with Crippen molar-refractivity contribution < 1.29 is 9.53 Å². The van der Waals surface area contributed by atoms with Crippen molar-refractivity contribution in [3.05, 3.63) is 60.2 Å². The molecule has 0 spiro atoms. The standard InChI is InChI=1S/C21H26N2O2S/c1-17(26-16-18-8-4-3-5-9-18)21(24)23-14-12-22(13-15-23)19-10-6-7-11-20(19)25-2/h3-11,17H,12-16H2,1-2H3/t17-/m0/s1. The molecule has 5 heteroatoms. The maximum Gasteiger partial charge on any atom is 0.235 e.